The van der Waals surface area contributed by atoms with Crippen LogP contribution in [0.3, 0.4) is 0 Å². The fourth-order valence-electron chi connectivity index (χ4n) is 5.91. The molecule has 3 aromatic carbocycles. The lowest BCUT2D eigenvalue weighted by atomic mass is 9.89. The van der Waals surface area contributed by atoms with Crippen LogP contribution >= 0.6 is 22.9 Å². The smallest absolute Gasteiger partial charge is 0.266 e. The Morgan fingerprint density at radius 3 is 2.09 bits per heavy atom. The molecule has 0 spiro atoms. The molecule has 0 bridgehead atoms. The van der Waals surface area contributed by atoms with E-state index >= 15 is 0 Å². The van der Waals surface area contributed by atoms with E-state index in [9.17, 15) is 22.0 Å². The van der Waals surface area contributed by atoms with Gasteiger partial charge in [0.25, 0.3) is 5.91 Å². The van der Waals surface area contributed by atoms with Crippen molar-refractivity contribution in [3.63, 3.8) is 0 Å². The van der Waals surface area contributed by atoms with Gasteiger partial charge in [-0.1, -0.05) is 29.8 Å². The number of sulfonamides is 1. The van der Waals surface area contributed by atoms with E-state index in [-0.39, 0.29) is 43.4 Å². The summed E-state index contributed by atoms with van der Waals surface area (Å²) in [7, 11) is 5.05. The second-order valence-electron chi connectivity index (χ2n) is 11.7. The van der Waals surface area contributed by atoms with Gasteiger partial charge in [0.15, 0.2) is 0 Å². The second-order valence-corrected chi connectivity index (χ2v) is 15.2. The molecule has 45 heavy (non-hydrogen) atoms. The van der Waals surface area contributed by atoms with Gasteiger partial charge in [0, 0.05) is 38.3 Å². The Morgan fingerprint density at radius 1 is 0.911 bits per heavy atom. The molecule has 0 aliphatic heterocycles. The normalized spacial score (nSPS) is 17.3. The molecule has 0 radical (unpaired) electrons. The topological polar surface area (TPSA) is 70.2 Å². The molecular formula is C33H36ClF2N3O4S2. The molecule has 240 valence electrons. The van der Waals surface area contributed by atoms with Crippen LogP contribution in [0.1, 0.15) is 40.9 Å². The highest BCUT2D eigenvalue weighted by atomic mass is 35.5. The van der Waals surface area contributed by atoms with Crippen LogP contribution in [0.2, 0.25) is 5.02 Å². The first-order valence-electron chi connectivity index (χ1n) is 14.6. The molecule has 1 aliphatic carbocycles. The molecule has 1 saturated carbocycles. The van der Waals surface area contributed by atoms with Crippen molar-refractivity contribution in [2.45, 2.75) is 49.2 Å². The third-order valence-corrected chi connectivity index (χ3v) is 12.1. The number of hydrogen-bond donors (Lipinski definition) is 0. The number of amides is 1. The van der Waals surface area contributed by atoms with E-state index < -0.39 is 21.7 Å². The van der Waals surface area contributed by atoms with Crippen molar-refractivity contribution in [3.8, 4) is 16.9 Å². The predicted molar refractivity (Wildman–Crippen MR) is 176 cm³/mol. The minimum atomic E-state index is -3.58. The average molecular weight is 676 g/mol. The molecule has 1 fully saturated rings. The predicted octanol–water partition coefficient (Wildman–Crippen LogP) is 7.27. The van der Waals surface area contributed by atoms with Gasteiger partial charge in [-0.15, -0.1) is 11.3 Å². The first-order valence-corrected chi connectivity index (χ1v) is 17.2. The molecule has 7 nitrogen and oxygen atoms in total. The van der Waals surface area contributed by atoms with Gasteiger partial charge in [-0.05, 0) is 87.3 Å². The highest BCUT2D eigenvalue weighted by Gasteiger charge is 2.33. The molecule has 0 atom stereocenters. The Kier molecular flexibility index (Phi) is 9.86. The molecule has 1 amide bonds. The first-order chi connectivity index (χ1) is 21.3. The quantitative estimate of drug-likeness (QED) is 0.187. The largest absolute Gasteiger partial charge is 0.496 e. The first kappa shape index (κ1) is 33.3. The van der Waals surface area contributed by atoms with Gasteiger partial charge in [0.2, 0.25) is 10.0 Å². The number of fused-ring (bicyclic) bond motifs is 1. The number of hydrogen-bond acceptors (Lipinski definition) is 6. The molecule has 5 rings (SSSR count). The molecule has 1 aromatic heterocycles. The van der Waals surface area contributed by atoms with E-state index in [2.05, 4.69) is 4.90 Å². The highest BCUT2D eigenvalue weighted by molar-refractivity contribution is 7.89. The van der Waals surface area contributed by atoms with Crippen LogP contribution in [0, 0.1) is 11.6 Å². The lowest BCUT2D eigenvalue weighted by molar-refractivity contribution is 0.0573. The minimum Gasteiger partial charge on any atom is -0.496 e. The summed E-state index contributed by atoms with van der Waals surface area (Å²) in [6.45, 7) is 0.176. The Balaban J connectivity index is 1.53. The number of halogens is 3. The van der Waals surface area contributed by atoms with Gasteiger partial charge in [0.05, 0.1) is 27.1 Å². The molecule has 0 unspecified atom stereocenters. The summed E-state index contributed by atoms with van der Waals surface area (Å²) in [6.07, 6.45) is 3.29. The van der Waals surface area contributed by atoms with Crippen LogP contribution in [0.15, 0.2) is 59.5 Å². The Labute approximate surface area is 272 Å². The number of carbonyl (C=O) groups excluding carboxylic acids is 1. The molecular weight excluding hydrogens is 640 g/mol. The van der Waals surface area contributed by atoms with E-state index in [0.29, 0.717) is 11.8 Å². The minimum absolute atomic E-state index is 0.0129. The lowest BCUT2D eigenvalue weighted by Gasteiger charge is -2.39. The maximum atomic E-state index is 14.7. The Bertz CT molecular complexity index is 1820. The SMILES string of the molecule is COc1ccc(-c2ccc(S(=O)(=O)N(C)C)cc2)cc1CN(C(=O)c1sc2c(F)ccc(F)c2c1Cl)[C@H]1CC[C@H](N(C)C)CC1. The van der Waals surface area contributed by atoms with Crippen molar-refractivity contribution < 1.29 is 26.7 Å². The number of rotatable bonds is 9. The number of nitrogens with zero attached hydrogens (tertiary/aromatic N) is 3. The third-order valence-electron chi connectivity index (χ3n) is 8.56. The van der Waals surface area contributed by atoms with Gasteiger partial charge in [-0.25, -0.2) is 21.5 Å². The summed E-state index contributed by atoms with van der Waals surface area (Å²) >= 11 is 7.45. The number of ether oxygens (including phenoxy) is 1. The van der Waals surface area contributed by atoms with Crippen LogP contribution in [-0.4, -0.2) is 75.8 Å². The van der Waals surface area contributed by atoms with Crippen LogP contribution in [0.25, 0.3) is 21.2 Å². The molecule has 0 saturated heterocycles. The van der Waals surface area contributed by atoms with Crippen LogP contribution in [0.5, 0.6) is 5.75 Å². The van der Waals surface area contributed by atoms with Crippen LogP contribution in [-0.2, 0) is 16.6 Å². The summed E-state index contributed by atoms with van der Waals surface area (Å²) < 4.78 is 61.4. The number of carbonyl (C=O) groups is 1. The molecule has 4 aromatic rings. The standard InChI is InChI=1S/C33H36ClF2N3O4S2/c1-37(2)23-9-11-24(12-10-23)39(33(40)32-30(34)29-26(35)15-16-27(36)31(29)44-32)19-22-18-21(8-17-28(22)43-5)20-6-13-25(14-7-20)45(41,42)38(3)4/h6-8,13-18,23-24H,9-12,19H2,1-5H3/t23-,24-. The van der Waals surface area contributed by atoms with Gasteiger partial charge in [0.1, 0.15) is 22.3 Å². The zero-order valence-corrected chi connectivity index (χ0v) is 28.2. The van der Waals surface area contributed by atoms with Crippen LogP contribution < -0.4 is 4.74 Å². The van der Waals surface area contributed by atoms with E-state index in [4.69, 9.17) is 16.3 Å². The zero-order chi connectivity index (χ0) is 32.6. The number of benzene rings is 3. The van der Waals surface area contributed by atoms with Crippen molar-refractivity contribution in [3.05, 3.63) is 81.7 Å². The highest BCUT2D eigenvalue weighted by Crippen LogP contribution is 2.41. The van der Waals surface area contributed by atoms with Crippen molar-refractivity contribution in [1.29, 1.82) is 0 Å². The molecule has 1 heterocycles. The fourth-order valence-corrected chi connectivity index (χ4v) is 8.32. The van der Waals surface area contributed by atoms with Gasteiger partial charge in [-0.2, -0.15) is 0 Å². The summed E-state index contributed by atoms with van der Waals surface area (Å²) in [4.78, 5) is 18.5. The van der Waals surface area contributed by atoms with Gasteiger partial charge >= 0.3 is 0 Å². The summed E-state index contributed by atoms with van der Waals surface area (Å²) in [5.41, 5.74) is 2.34. The van der Waals surface area contributed by atoms with E-state index in [1.807, 2.05) is 32.3 Å². The molecule has 12 heteroatoms. The molecule has 1 aliphatic rings. The van der Waals surface area contributed by atoms with Crippen molar-refractivity contribution in [2.24, 2.45) is 0 Å². The monoisotopic (exact) mass is 675 g/mol. The fraction of sp³-hybridized carbons (Fsp3) is 0.364. The maximum Gasteiger partial charge on any atom is 0.266 e. The summed E-state index contributed by atoms with van der Waals surface area (Å²) in [6, 6.07) is 14.6. The third kappa shape index (κ3) is 6.59. The second kappa shape index (κ2) is 13.3. The summed E-state index contributed by atoms with van der Waals surface area (Å²) in [5.74, 6) is -1.12. The van der Waals surface area contributed by atoms with Crippen molar-refractivity contribution in [1.82, 2.24) is 14.1 Å². The zero-order valence-electron chi connectivity index (χ0n) is 25.8. The number of thiophene rings is 1. The van der Waals surface area contributed by atoms with E-state index in [1.165, 1.54) is 14.1 Å². The van der Waals surface area contributed by atoms with Crippen molar-refractivity contribution >= 4 is 49.0 Å². The van der Waals surface area contributed by atoms with Crippen LogP contribution in [0.4, 0.5) is 8.78 Å². The Hall–Kier alpha value is -3.09. The summed E-state index contributed by atoms with van der Waals surface area (Å²) in [5, 5.41) is -0.168. The van der Waals surface area contributed by atoms with Gasteiger partial charge in [-0.3, -0.25) is 4.79 Å². The van der Waals surface area contributed by atoms with E-state index in [1.54, 1.807) is 36.3 Å². The molecule has 0 N–H and O–H groups in total. The average Bonchev–Trinajstić information content (AvgIpc) is 3.39. The van der Waals surface area contributed by atoms with Crippen molar-refractivity contribution in [2.75, 3.05) is 35.3 Å². The lowest BCUT2D eigenvalue weighted by Crippen LogP contribution is -2.44. The van der Waals surface area contributed by atoms with Gasteiger partial charge < -0.3 is 14.5 Å². The Morgan fingerprint density at radius 2 is 1.51 bits per heavy atom. The van der Waals surface area contributed by atoms with E-state index in [0.717, 1.165) is 70.1 Å². The maximum absolute atomic E-state index is 14.7. The number of methoxy groups -OCH3 is 1.